The van der Waals surface area contributed by atoms with Gasteiger partial charge < -0.3 is 0 Å². The fourth-order valence-corrected chi connectivity index (χ4v) is 1.07. The maximum absolute atomic E-state index is 11.0. The zero-order chi connectivity index (χ0) is 8.72. The molecule has 0 unspecified atom stereocenters. The summed E-state index contributed by atoms with van der Waals surface area (Å²) in [5, 5.41) is 0. The number of aromatic nitrogens is 4. The van der Waals surface area contributed by atoms with Crippen LogP contribution in [0.15, 0.2) is 15.9 Å². The second-order valence-electron chi connectivity index (χ2n) is 2.16. The zero-order valence-corrected chi connectivity index (χ0v) is 6.42. The quantitative estimate of drug-likeness (QED) is 0.577. The van der Waals surface area contributed by atoms with Gasteiger partial charge in [-0.05, 0) is 0 Å². The molecule has 2 aromatic rings. The van der Waals surface area contributed by atoms with Crippen LogP contribution in [0.25, 0.3) is 11.2 Å². The van der Waals surface area contributed by atoms with Crippen LogP contribution in [0.1, 0.15) is 0 Å². The van der Waals surface area contributed by atoms with E-state index in [-0.39, 0.29) is 11.2 Å². The van der Waals surface area contributed by atoms with E-state index in [1.54, 1.807) is 0 Å². The molecule has 0 radical (unpaired) electrons. The van der Waals surface area contributed by atoms with E-state index in [2.05, 4.69) is 9.97 Å². The van der Waals surface area contributed by atoms with Crippen LogP contribution in [0.4, 0.5) is 0 Å². The van der Waals surface area contributed by atoms with Gasteiger partial charge in [0.25, 0.3) is 5.56 Å². The summed E-state index contributed by atoms with van der Waals surface area (Å²) in [4.78, 5) is 29.8. The molecule has 0 aliphatic heterocycles. The van der Waals surface area contributed by atoms with Crippen LogP contribution in [-0.2, 0) is 0 Å². The summed E-state index contributed by atoms with van der Waals surface area (Å²) in [5.41, 5.74) is -0.835. The van der Waals surface area contributed by atoms with Gasteiger partial charge in [0.05, 0.1) is 0 Å². The largest absolute Gasteiger partial charge is 0.327 e. The van der Waals surface area contributed by atoms with Gasteiger partial charge in [-0.2, -0.15) is 0 Å². The summed E-state index contributed by atoms with van der Waals surface area (Å²) in [6.45, 7) is 0. The van der Waals surface area contributed by atoms with Crippen molar-refractivity contribution in [3.63, 3.8) is 0 Å². The minimum absolute atomic E-state index is 0.115. The molecular formula is C5H3ClN4O2. The summed E-state index contributed by atoms with van der Waals surface area (Å²) < 4.78 is 1.05. The Bertz CT molecular complexity index is 536. The molecular weight excluding hydrogens is 184 g/mol. The minimum Gasteiger partial charge on any atom is -0.290 e. The highest BCUT2D eigenvalue weighted by Gasteiger charge is 2.05. The van der Waals surface area contributed by atoms with Gasteiger partial charge in [-0.25, -0.2) is 13.9 Å². The van der Waals surface area contributed by atoms with E-state index in [1.165, 1.54) is 6.33 Å². The van der Waals surface area contributed by atoms with Crippen molar-refractivity contribution in [3.05, 3.63) is 27.2 Å². The number of nitrogens with zero attached hydrogens (tertiary/aromatic N) is 2. The van der Waals surface area contributed by atoms with Gasteiger partial charge in [0.2, 0.25) is 0 Å². The number of imidazole rings is 1. The summed E-state index contributed by atoms with van der Waals surface area (Å²) in [7, 11) is 0. The molecule has 2 heterocycles. The average molecular weight is 187 g/mol. The number of aromatic amines is 2. The molecule has 62 valence electrons. The lowest BCUT2D eigenvalue weighted by molar-refractivity contribution is 1.06. The Labute approximate surface area is 69.9 Å². The molecule has 0 aromatic carbocycles. The third-order valence-corrected chi connectivity index (χ3v) is 1.66. The standard InChI is InChI=1S/C5H3ClN4O2/c6-10-1-7-2-3(10)8-5(12)9-4(2)11/h1H,(H2,8,9,11,12). The number of H-pyrrole nitrogens is 2. The fourth-order valence-electron chi connectivity index (χ4n) is 0.908. The number of hydrogen-bond donors (Lipinski definition) is 2. The fraction of sp³-hybridized carbons (Fsp3) is 0. The number of fused-ring (bicyclic) bond motifs is 1. The number of hydrogen-bond acceptors (Lipinski definition) is 3. The highest BCUT2D eigenvalue weighted by Crippen LogP contribution is 2.02. The lowest BCUT2D eigenvalue weighted by Gasteiger charge is -1.88. The highest BCUT2D eigenvalue weighted by atomic mass is 35.5. The normalized spacial score (nSPS) is 10.8. The maximum Gasteiger partial charge on any atom is 0.327 e. The molecule has 0 aliphatic carbocycles. The predicted octanol–water partition coefficient (Wildman–Crippen LogP) is -0.585. The molecule has 0 amide bonds. The van der Waals surface area contributed by atoms with Gasteiger partial charge in [0, 0.05) is 11.8 Å². The topological polar surface area (TPSA) is 83.5 Å². The zero-order valence-electron chi connectivity index (χ0n) is 5.67. The highest BCUT2D eigenvalue weighted by molar-refractivity contribution is 6.18. The van der Waals surface area contributed by atoms with E-state index in [1.807, 2.05) is 4.98 Å². The van der Waals surface area contributed by atoms with Gasteiger partial charge in [-0.1, -0.05) is 0 Å². The Hall–Kier alpha value is -1.56. The third-order valence-electron chi connectivity index (χ3n) is 1.40. The molecule has 0 atom stereocenters. The first-order chi connectivity index (χ1) is 5.68. The van der Waals surface area contributed by atoms with Crippen molar-refractivity contribution in [1.29, 1.82) is 0 Å². The lowest BCUT2D eigenvalue weighted by Crippen LogP contribution is -2.22. The summed E-state index contributed by atoms with van der Waals surface area (Å²) in [6.07, 6.45) is 1.23. The van der Waals surface area contributed by atoms with Crippen molar-refractivity contribution < 1.29 is 0 Å². The molecule has 2 N–H and O–H groups in total. The van der Waals surface area contributed by atoms with E-state index in [0.29, 0.717) is 0 Å². The molecule has 0 saturated carbocycles. The first-order valence-electron chi connectivity index (χ1n) is 3.04. The van der Waals surface area contributed by atoms with Gasteiger partial charge in [0.15, 0.2) is 11.2 Å². The molecule has 7 heteroatoms. The Kier molecular flexibility index (Phi) is 1.31. The van der Waals surface area contributed by atoms with Gasteiger partial charge in [0.1, 0.15) is 6.33 Å². The van der Waals surface area contributed by atoms with E-state index in [9.17, 15) is 9.59 Å². The first-order valence-corrected chi connectivity index (χ1v) is 3.38. The Morgan fingerprint density at radius 3 is 2.92 bits per heavy atom. The van der Waals surface area contributed by atoms with Crippen LogP contribution in [0, 0.1) is 0 Å². The van der Waals surface area contributed by atoms with Crippen LogP contribution in [0.3, 0.4) is 0 Å². The van der Waals surface area contributed by atoms with Gasteiger partial charge in [-0.3, -0.25) is 14.8 Å². The summed E-state index contributed by atoms with van der Waals surface area (Å²) in [6, 6.07) is 0. The van der Waals surface area contributed by atoms with E-state index in [0.717, 1.165) is 4.09 Å². The lowest BCUT2D eigenvalue weighted by atomic mass is 10.5. The van der Waals surface area contributed by atoms with Crippen molar-refractivity contribution in [3.8, 4) is 0 Å². The molecule has 0 bridgehead atoms. The van der Waals surface area contributed by atoms with E-state index < -0.39 is 11.2 Å². The summed E-state index contributed by atoms with van der Waals surface area (Å²) >= 11 is 5.55. The molecule has 0 saturated heterocycles. The SMILES string of the molecule is O=c1[nH]c(=O)c2ncn(Cl)c2[nH]1. The predicted molar refractivity (Wildman–Crippen MR) is 42.2 cm³/mol. The average Bonchev–Trinajstić information content (AvgIpc) is 2.33. The van der Waals surface area contributed by atoms with Crippen molar-refractivity contribution in [2.75, 3.05) is 0 Å². The number of nitrogens with one attached hydrogen (secondary N) is 2. The molecule has 0 spiro atoms. The first kappa shape index (κ1) is 7.11. The van der Waals surface area contributed by atoms with Crippen LogP contribution >= 0.6 is 11.8 Å². The van der Waals surface area contributed by atoms with Gasteiger partial charge >= 0.3 is 5.69 Å². The molecule has 0 aliphatic rings. The van der Waals surface area contributed by atoms with E-state index >= 15 is 0 Å². The Morgan fingerprint density at radius 2 is 2.17 bits per heavy atom. The van der Waals surface area contributed by atoms with Crippen LogP contribution in [-0.4, -0.2) is 19.0 Å². The van der Waals surface area contributed by atoms with E-state index in [4.69, 9.17) is 11.8 Å². The summed E-state index contributed by atoms with van der Waals surface area (Å²) in [5.74, 6) is 0. The second-order valence-corrected chi connectivity index (χ2v) is 2.53. The molecule has 0 fully saturated rings. The molecule has 2 aromatic heterocycles. The number of halogens is 1. The van der Waals surface area contributed by atoms with Crippen molar-refractivity contribution in [2.45, 2.75) is 0 Å². The van der Waals surface area contributed by atoms with Gasteiger partial charge in [-0.15, -0.1) is 0 Å². The van der Waals surface area contributed by atoms with Crippen LogP contribution in [0.5, 0.6) is 0 Å². The number of rotatable bonds is 0. The molecule has 2 rings (SSSR count). The molecule has 6 nitrogen and oxygen atoms in total. The Balaban J connectivity index is 3.13. The maximum atomic E-state index is 11.0. The van der Waals surface area contributed by atoms with Crippen LogP contribution in [0.2, 0.25) is 0 Å². The van der Waals surface area contributed by atoms with Crippen LogP contribution < -0.4 is 11.2 Å². The third kappa shape index (κ3) is 0.850. The van der Waals surface area contributed by atoms with Crippen molar-refractivity contribution in [1.82, 2.24) is 19.0 Å². The smallest absolute Gasteiger partial charge is 0.290 e. The Morgan fingerprint density at radius 1 is 1.42 bits per heavy atom. The second kappa shape index (κ2) is 2.21. The monoisotopic (exact) mass is 186 g/mol. The molecule has 12 heavy (non-hydrogen) atoms. The minimum atomic E-state index is -0.602. The van der Waals surface area contributed by atoms with Crippen molar-refractivity contribution in [2.24, 2.45) is 0 Å². The van der Waals surface area contributed by atoms with Crippen molar-refractivity contribution >= 4 is 22.9 Å².